The van der Waals surface area contributed by atoms with Gasteiger partial charge >= 0.3 is 0 Å². The van der Waals surface area contributed by atoms with Gasteiger partial charge in [0.15, 0.2) is 0 Å². The Hall–Kier alpha value is -4.88. The predicted molar refractivity (Wildman–Crippen MR) is 213 cm³/mol. The molecule has 3 fully saturated rings. The molecule has 0 amide bonds. The Kier molecular flexibility index (Phi) is 7.01. The zero-order valence-corrected chi connectivity index (χ0v) is 30.1. The Morgan fingerprint density at radius 1 is 0.510 bits per heavy atom. The molecule has 1 nitrogen and oxygen atoms in total. The standard InChI is InChI=1S/C50H47N/c1-33-28-38-30-37-31-39(29-33)50(38)45-27-26-41(32-46(45)49(2,3)44-20-12-10-19-43(44)48(37)50)51(40-24-22-35(23-25-40)34-14-6-4-7-15-34)47-21-13-11-18-42(47)36-16-8-5-9-17-36/h4-27,32-33,37-39,48H,28-31H2,1-3H3/t33-,37+,38+,39-,48?,50?. The summed E-state index contributed by atoms with van der Waals surface area (Å²) < 4.78 is 0. The van der Waals surface area contributed by atoms with Crippen LogP contribution in [-0.4, -0.2) is 0 Å². The van der Waals surface area contributed by atoms with Crippen LogP contribution in [0.3, 0.4) is 0 Å². The van der Waals surface area contributed by atoms with Crippen LogP contribution in [0.4, 0.5) is 17.1 Å². The molecule has 0 N–H and O–H groups in total. The van der Waals surface area contributed by atoms with Crippen LogP contribution < -0.4 is 4.90 Å². The van der Waals surface area contributed by atoms with Crippen molar-refractivity contribution >= 4 is 17.1 Å². The predicted octanol–water partition coefficient (Wildman–Crippen LogP) is 13.2. The minimum absolute atomic E-state index is 0.122. The lowest BCUT2D eigenvalue weighted by molar-refractivity contribution is 0.0822. The summed E-state index contributed by atoms with van der Waals surface area (Å²) in [4.78, 5) is 2.52. The molecule has 1 spiro atoms. The normalized spacial score (nSPS) is 26.5. The summed E-state index contributed by atoms with van der Waals surface area (Å²) in [6.45, 7) is 7.54. The maximum absolute atomic E-state index is 2.62. The molecule has 6 aromatic rings. The molecule has 1 heteroatoms. The number of hydrogen-bond acceptors (Lipinski definition) is 1. The number of anilines is 3. The first kappa shape index (κ1) is 30.9. The molecule has 10 rings (SSSR count). The van der Waals surface area contributed by atoms with E-state index in [4.69, 9.17) is 0 Å². The fraction of sp³-hybridized carbons (Fsp3) is 0.280. The van der Waals surface area contributed by atoms with Crippen molar-refractivity contribution in [2.24, 2.45) is 23.7 Å². The zero-order chi connectivity index (χ0) is 34.3. The zero-order valence-electron chi connectivity index (χ0n) is 30.1. The highest BCUT2D eigenvalue weighted by atomic mass is 15.1. The molecular weight excluding hydrogens is 615 g/mol. The summed E-state index contributed by atoms with van der Waals surface area (Å²) in [5.41, 5.74) is 15.0. The second kappa shape index (κ2) is 11.6. The molecule has 2 unspecified atom stereocenters. The Morgan fingerprint density at radius 3 is 1.82 bits per heavy atom. The van der Waals surface area contributed by atoms with Crippen LogP contribution in [0.1, 0.15) is 74.6 Å². The molecular formula is C50H47N. The molecule has 2 bridgehead atoms. The molecule has 0 saturated heterocycles. The average Bonchev–Trinajstić information content (AvgIpc) is 3.65. The molecule has 0 heterocycles. The van der Waals surface area contributed by atoms with Crippen LogP contribution in [0.5, 0.6) is 0 Å². The average molecular weight is 662 g/mol. The van der Waals surface area contributed by atoms with E-state index in [2.05, 4.69) is 177 Å². The smallest absolute Gasteiger partial charge is 0.0540 e. The van der Waals surface area contributed by atoms with Crippen molar-refractivity contribution in [2.45, 2.75) is 63.2 Å². The minimum atomic E-state index is -0.122. The van der Waals surface area contributed by atoms with Gasteiger partial charge in [-0.15, -0.1) is 0 Å². The van der Waals surface area contributed by atoms with E-state index in [0.29, 0.717) is 5.92 Å². The van der Waals surface area contributed by atoms with Crippen LogP contribution in [-0.2, 0) is 10.8 Å². The van der Waals surface area contributed by atoms with Crippen LogP contribution in [0.15, 0.2) is 152 Å². The van der Waals surface area contributed by atoms with Gasteiger partial charge in [-0.2, -0.15) is 0 Å². The number of rotatable bonds is 5. The van der Waals surface area contributed by atoms with E-state index in [1.165, 1.54) is 70.6 Å². The van der Waals surface area contributed by atoms with Crippen LogP contribution in [0.2, 0.25) is 0 Å². The Labute approximate surface area is 304 Å². The van der Waals surface area contributed by atoms with Crippen molar-refractivity contribution in [2.75, 3.05) is 4.90 Å². The van der Waals surface area contributed by atoms with E-state index >= 15 is 0 Å². The number of benzene rings is 6. The van der Waals surface area contributed by atoms with Gasteiger partial charge in [-0.25, -0.2) is 0 Å². The van der Waals surface area contributed by atoms with E-state index in [9.17, 15) is 0 Å². The second-order valence-corrected chi connectivity index (χ2v) is 16.7. The molecule has 6 atom stereocenters. The highest BCUT2D eigenvalue weighted by Crippen LogP contribution is 2.75. The van der Waals surface area contributed by atoms with Crippen molar-refractivity contribution < 1.29 is 0 Å². The van der Waals surface area contributed by atoms with Crippen molar-refractivity contribution in [3.63, 3.8) is 0 Å². The lowest BCUT2D eigenvalue weighted by Crippen LogP contribution is -2.46. The number of nitrogens with zero attached hydrogens (tertiary/aromatic N) is 1. The third-order valence-electron chi connectivity index (χ3n) is 13.7. The molecule has 252 valence electrons. The second-order valence-electron chi connectivity index (χ2n) is 16.7. The fourth-order valence-electron chi connectivity index (χ4n) is 11.9. The molecule has 6 aromatic carbocycles. The quantitative estimate of drug-likeness (QED) is 0.178. The van der Waals surface area contributed by atoms with Crippen molar-refractivity contribution in [1.29, 1.82) is 0 Å². The van der Waals surface area contributed by atoms with Gasteiger partial charge in [0.2, 0.25) is 0 Å². The van der Waals surface area contributed by atoms with Crippen LogP contribution >= 0.6 is 0 Å². The highest BCUT2D eigenvalue weighted by molar-refractivity contribution is 5.89. The van der Waals surface area contributed by atoms with E-state index in [1.807, 2.05) is 0 Å². The Balaban J connectivity index is 1.21. The van der Waals surface area contributed by atoms with Gasteiger partial charge in [-0.3, -0.25) is 0 Å². The lowest BCUT2D eigenvalue weighted by atomic mass is 9.53. The third kappa shape index (κ3) is 4.53. The van der Waals surface area contributed by atoms with Crippen molar-refractivity contribution in [1.82, 2.24) is 0 Å². The van der Waals surface area contributed by atoms with Gasteiger partial charge in [-0.1, -0.05) is 142 Å². The SMILES string of the molecule is C[C@H]1C[C@@H]2C[C@@H]3C[C@H](C1)C21c2ccc(N(c4ccc(-c5ccccc5)cc4)c4ccccc4-c4ccccc4)cc2C(C)(C)c2ccccc2C31. The first-order valence-corrected chi connectivity index (χ1v) is 19.3. The lowest BCUT2D eigenvalue weighted by Gasteiger charge is -2.51. The van der Waals surface area contributed by atoms with Gasteiger partial charge in [-0.05, 0) is 125 Å². The molecule has 0 radical (unpaired) electrons. The largest absolute Gasteiger partial charge is 0.310 e. The minimum Gasteiger partial charge on any atom is -0.310 e. The monoisotopic (exact) mass is 661 g/mol. The molecule has 0 aromatic heterocycles. The molecule has 4 aliphatic rings. The Bertz CT molecular complexity index is 2210. The van der Waals surface area contributed by atoms with Gasteiger partial charge in [0.05, 0.1) is 5.69 Å². The van der Waals surface area contributed by atoms with Crippen LogP contribution in [0, 0.1) is 23.7 Å². The first-order valence-electron chi connectivity index (χ1n) is 19.3. The van der Waals surface area contributed by atoms with Gasteiger partial charge in [0.25, 0.3) is 0 Å². The summed E-state index contributed by atoms with van der Waals surface area (Å²) in [6, 6.07) is 57.1. The van der Waals surface area contributed by atoms with Crippen molar-refractivity contribution in [3.8, 4) is 22.3 Å². The van der Waals surface area contributed by atoms with Gasteiger partial charge < -0.3 is 4.90 Å². The van der Waals surface area contributed by atoms with Crippen LogP contribution in [0.25, 0.3) is 22.3 Å². The summed E-state index contributed by atoms with van der Waals surface area (Å²) in [5.74, 6) is 3.78. The summed E-state index contributed by atoms with van der Waals surface area (Å²) in [5, 5.41) is 0. The number of fused-ring (bicyclic) bond motifs is 2. The summed E-state index contributed by atoms with van der Waals surface area (Å²) in [6.07, 6.45) is 5.53. The molecule has 51 heavy (non-hydrogen) atoms. The third-order valence-corrected chi connectivity index (χ3v) is 13.7. The molecule has 0 aliphatic heterocycles. The Morgan fingerprint density at radius 2 is 1.10 bits per heavy atom. The summed E-state index contributed by atoms with van der Waals surface area (Å²) in [7, 11) is 0. The van der Waals surface area contributed by atoms with Gasteiger partial charge in [0.1, 0.15) is 0 Å². The number of hydrogen-bond donors (Lipinski definition) is 0. The molecule has 4 aliphatic carbocycles. The molecule has 3 saturated carbocycles. The fourth-order valence-corrected chi connectivity index (χ4v) is 11.9. The summed E-state index contributed by atoms with van der Waals surface area (Å²) >= 11 is 0. The number of para-hydroxylation sites is 1. The van der Waals surface area contributed by atoms with Crippen molar-refractivity contribution in [3.05, 3.63) is 174 Å². The van der Waals surface area contributed by atoms with E-state index < -0.39 is 0 Å². The van der Waals surface area contributed by atoms with E-state index in [-0.39, 0.29) is 10.8 Å². The topological polar surface area (TPSA) is 3.24 Å². The first-order chi connectivity index (χ1) is 24.9. The maximum atomic E-state index is 2.62. The maximum Gasteiger partial charge on any atom is 0.0540 e. The highest BCUT2D eigenvalue weighted by Gasteiger charge is 2.68. The van der Waals surface area contributed by atoms with E-state index in [1.54, 1.807) is 16.7 Å². The van der Waals surface area contributed by atoms with E-state index in [0.717, 1.165) is 23.7 Å². The van der Waals surface area contributed by atoms with Gasteiger partial charge in [0, 0.05) is 27.8 Å².